The molecule has 0 bridgehead atoms. The predicted octanol–water partition coefficient (Wildman–Crippen LogP) is 5.37. The van der Waals surface area contributed by atoms with Crippen molar-refractivity contribution in [2.24, 2.45) is 0 Å². The fraction of sp³-hybridized carbons (Fsp3) is 0.233. The summed E-state index contributed by atoms with van der Waals surface area (Å²) < 4.78 is 11.3. The minimum atomic E-state index is -0.787. The minimum Gasteiger partial charge on any atom is -0.507 e. The lowest BCUT2D eigenvalue weighted by Gasteiger charge is -2.25. The quantitative estimate of drug-likeness (QED) is 0.175. The summed E-state index contributed by atoms with van der Waals surface area (Å²) in [5.41, 5.74) is 2.75. The van der Waals surface area contributed by atoms with Gasteiger partial charge in [-0.25, -0.2) is 0 Å². The van der Waals surface area contributed by atoms with Crippen molar-refractivity contribution in [3.63, 3.8) is 0 Å². The number of nitrogens with zero attached hydrogens (tertiary/aromatic N) is 2. The molecule has 7 heteroatoms. The average molecular weight is 499 g/mol. The number of hydrogen-bond donors (Lipinski definition) is 1. The van der Waals surface area contributed by atoms with Gasteiger partial charge in [-0.2, -0.15) is 0 Å². The summed E-state index contributed by atoms with van der Waals surface area (Å²) in [4.78, 5) is 32.2. The molecule has 1 N–H and O–H groups in total. The lowest BCUT2D eigenvalue weighted by Crippen LogP contribution is -2.29. The smallest absolute Gasteiger partial charge is 0.295 e. The van der Waals surface area contributed by atoms with Crippen LogP contribution in [0, 0.1) is 6.92 Å². The fourth-order valence-electron chi connectivity index (χ4n) is 4.31. The van der Waals surface area contributed by atoms with Crippen LogP contribution in [0.1, 0.15) is 41.6 Å². The Kier molecular flexibility index (Phi) is 8.03. The largest absolute Gasteiger partial charge is 0.507 e. The van der Waals surface area contributed by atoms with E-state index in [4.69, 9.17) is 9.47 Å². The van der Waals surface area contributed by atoms with Gasteiger partial charge in [0.05, 0.1) is 18.2 Å². The number of aryl methyl sites for hydroxylation is 1. The number of hydrogen-bond acceptors (Lipinski definition) is 6. The molecule has 190 valence electrons. The summed E-state index contributed by atoms with van der Waals surface area (Å²) in [5, 5.41) is 11.4. The lowest BCUT2D eigenvalue weighted by atomic mass is 9.94. The van der Waals surface area contributed by atoms with Crippen LogP contribution >= 0.6 is 0 Å². The van der Waals surface area contributed by atoms with E-state index in [0.717, 1.165) is 17.5 Å². The molecule has 1 aliphatic heterocycles. The second kappa shape index (κ2) is 11.6. The molecule has 0 radical (unpaired) electrons. The van der Waals surface area contributed by atoms with Gasteiger partial charge in [0.2, 0.25) is 0 Å². The molecule has 7 nitrogen and oxygen atoms in total. The molecule has 1 atom stereocenters. The Labute approximate surface area is 216 Å². The van der Waals surface area contributed by atoms with Gasteiger partial charge in [0.25, 0.3) is 11.7 Å². The van der Waals surface area contributed by atoms with Crippen LogP contribution in [0.15, 0.2) is 85.2 Å². The van der Waals surface area contributed by atoms with Crippen molar-refractivity contribution in [2.75, 3.05) is 13.2 Å². The summed E-state index contributed by atoms with van der Waals surface area (Å²) in [6.45, 7) is 8.66. The van der Waals surface area contributed by atoms with Crippen molar-refractivity contribution in [2.45, 2.75) is 32.9 Å². The van der Waals surface area contributed by atoms with Gasteiger partial charge in [-0.3, -0.25) is 14.6 Å². The molecule has 2 aromatic carbocycles. The number of Topliss-reactive ketones (excluding diaryl/α,β-unsaturated/α-hetero) is 1. The van der Waals surface area contributed by atoms with Crippen LogP contribution in [0.25, 0.3) is 5.76 Å². The third-order valence-electron chi connectivity index (χ3n) is 6.09. The second-order valence-corrected chi connectivity index (χ2v) is 8.79. The van der Waals surface area contributed by atoms with E-state index in [9.17, 15) is 14.7 Å². The first kappa shape index (κ1) is 25.7. The number of carbonyl (C=O) groups excluding carboxylic acids is 2. The highest BCUT2D eigenvalue weighted by Gasteiger charge is 2.46. The Hall–Kier alpha value is -4.39. The molecule has 0 aliphatic carbocycles. The number of carbonyl (C=O) groups is 2. The summed E-state index contributed by atoms with van der Waals surface area (Å²) in [5.74, 6) is -0.299. The van der Waals surface area contributed by atoms with Crippen molar-refractivity contribution in [3.05, 3.63) is 107 Å². The van der Waals surface area contributed by atoms with Gasteiger partial charge in [-0.15, -0.1) is 0 Å². The number of ether oxygens (including phenoxy) is 2. The molecule has 1 saturated heterocycles. The number of aromatic nitrogens is 1. The number of benzene rings is 2. The third kappa shape index (κ3) is 5.56. The molecule has 1 aromatic heterocycles. The molecule has 1 unspecified atom stereocenters. The van der Waals surface area contributed by atoms with Crippen LogP contribution in [-0.4, -0.2) is 39.9 Å². The van der Waals surface area contributed by atoms with Crippen LogP contribution in [-0.2, 0) is 16.1 Å². The van der Waals surface area contributed by atoms with Crippen molar-refractivity contribution < 1.29 is 24.2 Å². The number of aliphatic hydroxyl groups excluding tert-OH is 1. The maximum Gasteiger partial charge on any atom is 0.295 e. The zero-order chi connectivity index (χ0) is 26.4. The molecule has 1 aliphatic rings. The van der Waals surface area contributed by atoms with Crippen LogP contribution in [0.5, 0.6) is 11.5 Å². The lowest BCUT2D eigenvalue weighted by molar-refractivity contribution is -0.140. The van der Waals surface area contributed by atoms with E-state index in [1.165, 1.54) is 4.90 Å². The highest BCUT2D eigenvalue weighted by Crippen LogP contribution is 2.41. The molecule has 2 heterocycles. The van der Waals surface area contributed by atoms with Crippen molar-refractivity contribution in [3.8, 4) is 11.5 Å². The van der Waals surface area contributed by atoms with Crippen molar-refractivity contribution >= 4 is 17.4 Å². The first-order chi connectivity index (χ1) is 17.9. The average Bonchev–Trinajstić information content (AvgIpc) is 3.16. The van der Waals surface area contributed by atoms with E-state index in [1.54, 1.807) is 67.0 Å². The van der Waals surface area contributed by atoms with E-state index in [-0.39, 0.29) is 17.9 Å². The zero-order valence-electron chi connectivity index (χ0n) is 21.0. The monoisotopic (exact) mass is 498 g/mol. The first-order valence-corrected chi connectivity index (χ1v) is 12.2. The van der Waals surface area contributed by atoms with Crippen LogP contribution in [0.3, 0.4) is 0 Å². The Morgan fingerprint density at radius 2 is 1.92 bits per heavy atom. The van der Waals surface area contributed by atoms with Gasteiger partial charge in [0.15, 0.2) is 0 Å². The third-order valence-corrected chi connectivity index (χ3v) is 6.09. The highest BCUT2D eigenvalue weighted by molar-refractivity contribution is 6.46. The molecule has 0 spiro atoms. The van der Waals surface area contributed by atoms with Gasteiger partial charge < -0.3 is 19.5 Å². The number of pyridine rings is 1. The van der Waals surface area contributed by atoms with Gasteiger partial charge in [-0.1, -0.05) is 37.8 Å². The first-order valence-electron chi connectivity index (χ1n) is 12.2. The van der Waals surface area contributed by atoms with E-state index >= 15 is 0 Å². The predicted molar refractivity (Wildman–Crippen MR) is 141 cm³/mol. The highest BCUT2D eigenvalue weighted by atomic mass is 16.5. The normalized spacial score (nSPS) is 16.6. The van der Waals surface area contributed by atoms with Gasteiger partial charge >= 0.3 is 0 Å². The van der Waals surface area contributed by atoms with E-state index < -0.39 is 17.7 Å². The number of ketones is 1. The summed E-state index contributed by atoms with van der Waals surface area (Å²) in [7, 11) is 0. The van der Waals surface area contributed by atoms with E-state index in [1.807, 2.05) is 19.9 Å². The Morgan fingerprint density at radius 1 is 1.14 bits per heavy atom. The molecular weight excluding hydrogens is 468 g/mol. The number of likely N-dealkylation sites (tertiary alicyclic amines) is 1. The van der Waals surface area contributed by atoms with Crippen molar-refractivity contribution in [1.29, 1.82) is 0 Å². The Bertz CT molecular complexity index is 1320. The summed E-state index contributed by atoms with van der Waals surface area (Å²) >= 11 is 0. The van der Waals surface area contributed by atoms with E-state index in [2.05, 4.69) is 11.6 Å². The van der Waals surface area contributed by atoms with Gasteiger partial charge in [-0.05, 0) is 66.4 Å². The summed E-state index contributed by atoms with van der Waals surface area (Å²) in [6.07, 6.45) is 5.82. The molecule has 3 aromatic rings. The van der Waals surface area contributed by atoms with Crippen LogP contribution in [0.2, 0.25) is 0 Å². The molecule has 4 rings (SSSR count). The molecule has 1 amide bonds. The van der Waals surface area contributed by atoms with Crippen LogP contribution in [0.4, 0.5) is 0 Å². The number of amides is 1. The zero-order valence-corrected chi connectivity index (χ0v) is 21.0. The molecular formula is C30H30N2O5. The van der Waals surface area contributed by atoms with Gasteiger partial charge in [0, 0.05) is 24.5 Å². The van der Waals surface area contributed by atoms with Crippen molar-refractivity contribution in [1.82, 2.24) is 9.88 Å². The maximum absolute atomic E-state index is 13.3. The Morgan fingerprint density at radius 3 is 2.57 bits per heavy atom. The van der Waals surface area contributed by atoms with E-state index in [0.29, 0.717) is 35.8 Å². The Balaban J connectivity index is 1.78. The van der Waals surface area contributed by atoms with Crippen LogP contribution < -0.4 is 9.47 Å². The second-order valence-electron chi connectivity index (χ2n) is 8.79. The topological polar surface area (TPSA) is 89.0 Å². The van der Waals surface area contributed by atoms with Gasteiger partial charge in [0.1, 0.15) is 23.9 Å². The molecule has 0 saturated carbocycles. The fourth-order valence-corrected chi connectivity index (χ4v) is 4.31. The number of aliphatic hydroxyl groups is 1. The SMILES string of the molecule is C=CCOc1ccc(C2/C(=C(\O)c3ccc(OCCC)c(C)c3)C(=O)C(=O)N2Cc2cccnc2)cc1. The molecule has 1 fully saturated rings. The standard InChI is InChI=1S/C30H30N2O5/c1-4-15-36-24-11-8-22(9-12-24)27-26(28(33)23-10-13-25(20(3)17-23)37-16-5-2)29(34)30(35)32(27)19-21-7-6-14-31-18-21/h4,6-14,17-18,27,33H,1,5,15-16,19H2,2-3H3/b28-26+. The number of rotatable bonds is 10. The minimum absolute atomic E-state index is 0.0373. The molecule has 37 heavy (non-hydrogen) atoms. The summed E-state index contributed by atoms with van der Waals surface area (Å²) in [6, 6.07) is 15.2. The maximum atomic E-state index is 13.3.